The topological polar surface area (TPSA) is 97.9 Å². The fourth-order valence-corrected chi connectivity index (χ4v) is 3.87. The molecule has 0 aliphatic carbocycles. The van der Waals surface area contributed by atoms with E-state index in [1.54, 1.807) is 39.8 Å². The van der Waals surface area contributed by atoms with Gasteiger partial charge in [-0.2, -0.15) is 4.98 Å². The predicted molar refractivity (Wildman–Crippen MR) is 133 cm³/mol. The van der Waals surface area contributed by atoms with E-state index in [1.807, 2.05) is 35.2 Å². The van der Waals surface area contributed by atoms with Crippen LogP contribution in [0.5, 0.6) is 0 Å². The molecule has 9 heteroatoms. The standard InChI is InChI=1S/C27H30FN3O5/c1-17(19-10-11-20(21(28)16-19)18-8-6-5-7-9-18)23(32)22(25(33)35-27(2,3)4)24-29-26(30-36-24)31-12-14-34-15-13-31/h5-11,16-17,32H,12-15H2,1-4H3/b23-22+/t17-/m0/s1. The summed E-state index contributed by atoms with van der Waals surface area (Å²) in [5.41, 5.74) is 0.567. The Morgan fingerprint density at radius 3 is 2.47 bits per heavy atom. The van der Waals surface area contributed by atoms with Gasteiger partial charge in [0, 0.05) is 24.6 Å². The molecule has 0 amide bonds. The Hall–Kier alpha value is -3.72. The van der Waals surface area contributed by atoms with Crippen LogP contribution < -0.4 is 4.90 Å². The van der Waals surface area contributed by atoms with Gasteiger partial charge in [-0.15, -0.1) is 0 Å². The number of hydrogen-bond donors (Lipinski definition) is 1. The zero-order valence-corrected chi connectivity index (χ0v) is 20.8. The SMILES string of the molecule is C[C@H](/C(O)=C(\C(=O)OC(C)(C)C)c1nc(N2CCOCC2)no1)c1ccc(-c2ccccc2)c(F)c1. The maximum Gasteiger partial charge on any atom is 0.347 e. The van der Waals surface area contributed by atoms with Gasteiger partial charge in [-0.1, -0.05) is 49.4 Å². The number of anilines is 1. The first-order valence-electron chi connectivity index (χ1n) is 11.8. The molecule has 0 radical (unpaired) electrons. The van der Waals surface area contributed by atoms with E-state index in [0.717, 1.165) is 5.56 Å². The number of carbonyl (C=O) groups is 1. The number of ether oxygens (including phenoxy) is 2. The highest BCUT2D eigenvalue weighted by Gasteiger charge is 2.32. The van der Waals surface area contributed by atoms with Crippen LogP contribution in [-0.2, 0) is 14.3 Å². The van der Waals surface area contributed by atoms with Crippen LogP contribution in [0.15, 0.2) is 58.8 Å². The van der Waals surface area contributed by atoms with Gasteiger partial charge in [0.05, 0.1) is 13.2 Å². The summed E-state index contributed by atoms with van der Waals surface area (Å²) in [5, 5.41) is 15.2. The lowest BCUT2D eigenvalue weighted by Gasteiger charge is -2.24. The number of rotatable bonds is 6. The van der Waals surface area contributed by atoms with Crippen molar-refractivity contribution in [1.82, 2.24) is 10.1 Å². The molecule has 0 unspecified atom stereocenters. The Bertz CT molecular complexity index is 1240. The van der Waals surface area contributed by atoms with E-state index < -0.39 is 23.3 Å². The number of benzene rings is 2. The van der Waals surface area contributed by atoms with Crippen molar-refractivity contribution in [3.05, 3.63) is 71.6 Å². The Morgan fingerprint density at radius 2 is 1.83 bits per heavy atom. The number of halogens is 1. The third-order valence-corrected chi connectivity index (χ3v) is 5.77. The monoisotopic (exact) mass is 495 g/mol. The zero-order chi connectivity index (χ0) is 25.9. The quantitative estimate of drug-likeness (QED) is 0.286. The van der Waals surface area contributed by atoms with Crippen molar-refractivity contribution in [3.8, 4) is 11.1 Å². The van der Waals surface area contributed by atoms with E-state index in [4.69, 9.17) is 14.0 Å². The van der Waals surface area contributed by atoms with Crippen molar-refractivity contribution in [1.29, 1.82) is 0 Å². The second kappa shape index (κ2) is 10.5. The van der Waals surface area contributed by atoms with Crippen LogP contribution in [0.1, 0.15) is 45.1 Å². The normalized spacial score (nSPS) is 15.9. The molecule has 1 N–H and O–H groups in total. The lowest BCUT2D eigenvalue weighted by molar-refractivity contribution is -0.147. The smallest absolute Gasteiger partial charge is 0.347 e. The van der Waals surface area contributed by atoms with Crippen LogP contribution in [0.4, 0.5) is 10.3 Å². The van der Waals surface area contributed by atoms with E-state index in [1.165, 1.54) is 6.07 Å². The lowest BCUT2D eigenvalue weighted by Crippen LogP contribution is -2.36. The molecule has 36 heavy (non-hydrogen) atoms. The first-order valence-corrected chi connectivity index (χ1v) is 11.8. The molecule has 2 aromatic carbocycles. The number of allylic oxidation sites excluding steroid dienone is 1. The number of hydrogen-bond acceptors (Lipinski definition) is 8. The molecule has 0 bridgehead atoms. The van der Waals surface area contributed by atoms with Crippen molar-refractivity contribution in [3.63, 3.8) is 0 Å². The summed E-state index contributed by atoms with van der Waals surface area (Å²) in [4.78, 5) is 19.4. The molecule has 1 saturated heterocycles. The van der Waals surface area contributed by atoms with Crippen molar-refractivity contribution in [2.75, 3.05) is 31.2 Å². The Labute approximate surface area is 209 Å². The van der Waals surface area contributed by atoms with Crippen molar-refractivity contribution >= 4 is 17.5 Å². The van der Waals surface area contributed by atoms with E-state index in [-0.39, 0.29) is 23.2 Å². The number of carbonyl (C=O) groups excluding carboxylic acids is 1. The molecule has 3 aromatic rings. The number of nitrogens with zero attached hydrogens (tertiary/aromatic N) is 3. The molecule has 0 spiro atoms. The molecule has 1 aromatic heterocycles. The molecule has 4 rings (SSSR count). The summed E-state index contributed by atoms with van der Waals surface area (Å²) in [5.74, 6) is -2.25. The number of morpholine rings is 1. The minimum absolute atomic E-state index is 0.170. The molecule has 0 saturated carbocycles. The molecule has 1 atom stereocenters. The molecule has 1 aliphatic heterocycles. The number of aliphatic hydroxyl groups is 1. The maximum absolute atomic E-state index is 15.0. The van der Waals surface area contributed by atoms with Gasteiger partial charge in [0.2, 0.25) is 0 Å². The van der Waals surface area contributed by atoms with Gasteiger partial charge in [0.25, 0.3) is 11.8 Å². The van der Waals surface area contributed by atoms with Crippen molar-refractivity contribution in [2.45, 2.75) is 39.2 Å². The third kappa shape index (κ3) is 5.73. The molecule has 2 heterocycles. The number of aliphatic hydroxyl groups excluding tert-OH is 1. The van der Waals surface area contributed by atoms with Gasteiger partial charge in [-0.05, 0) is 43.1 Å². The highest BCUT2D eigenvalue weighted by Crippen LogP contribution is 2.33. The molecule has 190 valence electrons. The summed E-state index contributed by atoms with van der Waals surface area (Å²) >= 11 is 0. The average molecular weight is 496 g/mol. The highest BCUT2D eigenvalue weighted by atomic mass is 19.1. The fourth-order valence-electron chi connectivity index (χ4n) is 3.87. The van der Waals surface area contributed by atoms with E-state index >= 15 is 4.39 Å². The average Bonchev–Trinajstić information content (AvgIpc) is 3.33. The van der Waals surface area contributed by atoms with Gasteiger partial charge in [-0.25, -0.2) is 9.18 Å². The highest BCUT2D eigenvalue weighted by molar-refractivity contribution is 6.16. The van der Waals surface area contributed by atoms with Crippen LogP contribution in [0, 0.1) is 5.82 Å². The minimum atomic E-state index is -0.831. The molecule has 1 fully saturated rings. The summed E-state index contributed by atoms with van der Waals surface area (Å²) in [6.07, 6.45) is 0. The number of aromatic nitrogens is 2. The van der Waals surface area contributed by atoms with Gasteiger partial charge < -0.3 is 24.0 Å². The molecule has 1 aliphatic rings. The Balaban J connectivity index is 1.70. The maximum atomic E-state index is 15.0. The van der Waals surface area contributed by atoms with Crippen LogP contribution in [0.25, 0.3) is 16.7 Å². The fraction of sp³-hybridized carbons (Fsp3) is 0.370. The van der Waals surface area contributed by atoms with Gasteiger partial charge in [-0.3, -0.25) is 0 Å². The lowest BCUT2D eigenvalue weighted by atomic mass is 9.93. The van der Waals surface area contributed by atoms with Crippen LogP contribution in [0.3, 0.4) is 0 Å². The van der Waals surface area contributed by atoms with Crippen molar-refractivity contribution in [2.24, 2.45) is 0 Å². The van der Waals surface area contributed by atoms with Gasteiger partial charge in [0.15, 0.2) is 5.57 Å². The van der Waals surface area contributed by atoms with Crippen LogP contribution in [0.2, 0.25) is 0 Å². The Kier molecular flexibility index (Phi) is 7.40. The first-order chi connectivity index (χ1) is 17.1. The molecular formula is C27H30FN3O5. The summed E-state index contributed by atoms with van der Waals surface area (Å²) < 4.78 is 31.3. The number of esters is 1. The molecular weight excluding hydrogens is 465 g/mol. The second-order valence-corrected chi connectivity index (χ2v) is 9.59. The third-order valence-electron chi connectivity index (χ3n) is 5.77. The molecule has 8 nitrogen and oxygen atoms in total. The van der Waals surface area contributed by atoms with Crippen LogP contribution in [-0.4, -0.2) is 53.1 Å². The summed E-state index contributed by atoms with van der Waals surface area (Å²) in [7, 11) is 0. The second-order valence-electron chi connectivity index (χ2n) is 9.59. The summed E-state index contributed by atoms with van der Waals surface area (Å²) in [6, 6.07) is 13.9. The van der Waals surface area contributed by atoms with Crippen LogP contribution >= 0.6 is 0 Å². The summed E-state index contributed by atoms with van der Waals surface area (Å²) in [6.45, 7) is 8.99. The van der Waals surface area contributed by atoms with E-state index in [0.29, 0.717) is 37.4 Å². The Morgan fingerprint density at radius 1 is 1.14 bits per heavy atom. The largest absolute Gasteiger partial charge is 0.511 e. The van der Waals surface area contributed by atoms with Gasteiger partial charge in [0.1, 0.15) is 17.2 Å². The predicted octanol–water partition coefficient (Wildman–Crippen LogP) is 5.13. The minimum Gasteiger partial charge on any atom is -0.511 e. The van der Waals surface area contributed by atoms with Gasteiger partial charge >= 0.3 is 5.97 Å². The van der Waals surface area contributed by atoms with E-state index in [9.17, 15) is 9.90 Å². The first kappa shape index (κ1) is 25.4. The zero-order valence-electron chi connectivity index (χ0n) is 20.8. The van der Waals surface area contributed by atoms with Crippen molar-refractivity contribution < 1.29 is 28.3 Å². The van der Waals surface area contributed by atoms with E-state index in [2.05, 4.69) is 10.1 Å².